The molecule has 17 heavy (non-hydrogen) atoms. The van der Waals surface area contributed by atoms with Crippen LogP contribution in [-0.2, 0) is 13.1 Å². The average Bonchev–Trinajstić information content (AvgIpc) is 2.69. The number of aryl methyl sites for hydroxylation is 2. The fourth-order valence-electron chi connectivity index (χ4n) is 1.59. The Labute approximate surface area is 112 Å². The lowest BCUT2D eigenvalue weighted by Crippen LogP contribution is -2.19. The smallest absolute Gasteiger partial charge is 0.250 e. The summed E-state index contributed by atoms with van der Waals surface area (Å²) in [4.78, 5) is 11.5. The third kappa shape index (κ3) is 3.32. The van der Waals surface area contributed by atoms with Crippen LogP contribution in [0.4, 0.5) is 5.69 Å². The number of anilines is 1. The second-order valence-electron chi connectivity index (χ2n) is 3.77. The molecule has 0 radical (unpaired) electrons. The zero-order valence-electron chi connectivity index (χ0n) is 9.21. The third-order valence-electron chi connectivity index (χ3n) is 2.39. The minimum Gasteiger partial charge on any atom is -0.398 e. The van der Waals surface area contributed by atoms with Crippen molar-refractivity contribution >= 4 is 28.3 Å². The number of hydrogen-bond acceptors (Lipinski definition) is 3. The first-order valence-electron chi connectivity index (χ1n) is 5.29. The molecule has 2 N–H and O–H groups in total. The molecular formula is C11H13IN4O. The molecule has 0 bridgehead atoms. The van der Waals surface area contributed by atoms with Gasteiger partial charge in [0.05, 0.1) is 9.77 Å². The number of rotatable bonds is 4. The Bertz CT molecular complexity index is 561. The van der Waals surface area contributed by atoms with Crippen molar-refractivity contribution < 1.29 is 0 Å². The van der Waals surface area contributed by atoms with Crippen molar-refractivity contribution in [2.45, 2.75) is 19.5 Å². The molecule has 0 fully saturated rings. The normalized spacial score (nSPS) is 10.6. The van der Waals surface area contributed by atoms with Crippen molar-refractivity contribution in [3.63, 3.8) is 0 Å². The van der Waals surface area contributed by atoms with Crippen LogP contribution in [-0.4, -0.2) is 14.3 Å². The fraction of sp³-hybridized carbons (Fsp3) is 0.273. The van der Waals surface area contributed by atoms with Crippen LogP contribution in [0.25, 0.3) is 0 Å². The first-order chi connectivity index (χ1) is 8.15. The molecule has 6 heteroatoms. The summed E-state index contributed by atoms with van der Waals surface area (Å²) in [6.45, 7) is 1.45. The minimum atomic E-state index is -0.0192. The van der Waals surface area contributed by atoms with Gasteiger partial charge in [-0.3, -0.25) is 9.48 Å². The van der Waals surface area contributed by atoms with E-state index in [4.69, 9.17) is 5.73 Å². The van der Waals surface area contributed by atoms with Crippen LogP contribution in [0.2, 0.25) is 0 Å². The SMILES string of the molecule is Nc1ccc(=O)n(CCCn2cc(I)cn2)c1. The summed E-state index contributed by atoms with van der Waals surface area (Å²) in [7, 11) is 0. The molecule has 0 aliphatic carbocycles. The minimum absolute atomic E-state index is 0.0192. The Morgan fingerprint density at radius 2 is 2.12 bits per heavy atom. The molecule has 2 rings (SSSR count). The van der Waals surface area contributed by atoms with Crippen molar-refractivity contribution in [1.29, 1.82) is 0 Å². The summed E-state index contributed by atoms with van der Waals surface area (Å²) in [5, 5.41) is 4.18. The van der Waals surface area contributed by atoms with Gasteiger partial charge in [-0.2, -0.15) is 5.10 Å². The van der Waals surface area contributed by atoms with Gasteiger partial charge in [-0.15, -0.1) is 0 Å². The second-order valence-corrected chi connectivity index (χ2v) is 5.01. The Balaban J connectivity index is 1.94. The molecule has 0 aliphatic heterocycles. The summed E-state index contributed by atoms with van der Waals surface area (Å²) >= 11 is 2.22. The number of halogens is 1. The number of nitrogen functional groups attached to an aromatic ring is 1. The van der Waals surface area contributed by atoms with Crippen molar-refractivity contribution in [2.24, 2.45) is 0 Å². The molecule has 0 unspecified atom stereocenters. The van der Waals surface area contributed by atoms with Crippen LogP contribution in [0.3, 0.4) is 0 Å². The molecule has 90 valence electrons. The number of nitrogens with zero attached hydrogens (tertiary/aromatic N) is 3. The summed E-state index contributed by atoms with van der Waals surface area (Å²) in [5.41, 5.74) is 6.23. The van der Waals surface area contributed by atoms with Gasteiger partial charge >= 0.3 is 0 Å². The van der Waals surface area contributed by atoms with Crippen LogP contribution >= 0.6 is 22.6 Å². The van der Waals surface area contributed by atoms with Crippen LogP contribution in [0.5, 0.6) is 0 Å². The largest absolute Gasteiger partial charge is 0.398 e. The predicted octanol–water partition coefficient (Wildman–Crippen LogP) is 1.32. The van der Waals surface area contributed by atoms with Crippen LogP contribution in [0.1, 0.15) is 6.42 Å². The van der Waals surface area contributed by atoms with E-state index in [1.54, 1.807) is 16.8 Å². The zero-order valence-corrected chi connectivity index (χ0v) is 11.4. The van der Waals surface area contributed by atoms with Gasteiger partial charge in [-0.25, -0.2) is 0 Å². The first-order valence-corrected chi connectivity index (χ1v) is 6.37. The Kier molecular flexibility index (Phi) is 3.82. The van der Waals surface area contributed by atoms with E-state index >= 15 is 0 Å². The van der Waals surface area contributed by atoms with E-state index in [-0.39, 0.29) is 5.56 Å². The standard InChI is InChI=1S/C11H13IN4O/c12-9-6-14-16(7-9)5-1-4-15-8-10(13)2-3-11(15)17/h2-3,6-8H,1,4-5,13H2. The maximum absolute atomic E-state index is 11.5. The Hall–Kier alpha value is -1.31. The topological polar surface area (TPSA) is 65.8 Å². The monoisotopic (exact) mass is 344 g/mol. The Morgan fingerprint density at radius 3 is 2.82 bits per heavy atom. The van der Waals surface area contributed by atoms with Crippen molar-refractivity contribution in [3.05, 3.63) is 44.6 Å². The Morgan fingerprint density at radius 1 is 1.29 bits per heavy atom. The van der Waals surface area contributed by atoms with Crippen molar-refractivity contribution in [2.75, 3.05) is 5.73 Å². The van der Waals surface area contributed by atoms with Gasteiger partial charge in [0.25, 0.3) is 5.56 Å². The van der Waals surface area contributed by atoms with Gasteiger partial charge in [0.1, 0.15) is 0 Å². The number of nitrogens with two attached hydrogens (primary N) is 1. The van der Waals surface area contributed by atoms with Gasteiger partial charge < -0.3 is 10.3 Å². The van der Waals surface area contributed by atoms with E-state index in [0.29, 0.717) is 12.2 Å². The maximum Gasteiger partial charge on any atom is 0.250 e. The van der Waals surface area contributed by atoms with Crippen molar-refractivity contribution in [1.82, 2.24) is 14.3 Å². The molecule has 0 spiro atoms. The van der Waals surface area contributed by atoms with E-state index in [1.165, 1.54) is 6.07 Å². The molecule has 0 aliphatic rings. The molecule has 0 amide bonds. The highest BCUT2D eigenvalue weighted by Crippen LogP contribution is 2.02. The van der Waals surface area contributed by atoms with Gasteiger partial charge in [-0.05, 0) is 35.1 Å². The zero-order chi connectivity index (χ0) is 12.3. The number of hydrogen-bond donors (Lipinski definition) is 1. The highest BCUT2D eigenvalue weighted by molar-refractivity contribution is 14.1. The molecule has 2 aromatic rings. The number of pyridine rings is 1. The summed E-state index contributed by atoms with van der Waals surface area (Å²) in [6, 6.07) is 3.11. The highest BCUT2D eigenvalue weighted by Gasteiger charge is 1.98. The molecule has 2 aromatic heterocycles. The fourth-order valence-corrected chi connectivity index (χ4v) is 2.03. The summed E-state index contributed by atoms with van der Waals surface area (Å²) in [6.07, 6.45) is 6.31. The quantitative estimate of drug-likeness (QED) is 0.851. The van der Waals surface area contributed by atoms with Gasteiger partial charge in [0, 0.05) is 37.2 Å². The lowest BCUT2D eigenvalue weighted by Gasteiger charge is -2.06. The number of aromatic nitrogens is 3. The molecule has 0 saturated heterocycles. The lowest BCUT2D eigenvalue weighted by molar-refractivity contribution is 0.520. The molecule has 5 nitrogen and oxygen atoms in total. The van der Waals surface area contributed by atoms with Crippen molar-refractivity contribution in [3.8, 4) is 0 Å². The third-order valence-corrected chi connectivity index (χ3v) is 2.95. The van der Waals surface area contributed by atoms with Crippen LogP contribution in [0, 0.1) is 3.57 Å². The maximum atomic E-state index is 11.5. The predicted molar refractivity (Wildman–Crippen MR) is 74.7 cm³/mol. The average molecular weight is 344 g/mol. The summed E-state index contributed by atoms with van der Waals surface area (Å²) in [5.74, 6) is 0. The second kappa shape index (κ2) is 5.35. The van der Waals surface area contributed by atoms with E-state index in [0.717, 1.165) is 16.5 Å². The van der Waals surface area contributed by atoms with Crippen LogP contribution < -0.4 is 11.3 Å². The lowest BCUT2D eigenvalue weighted by atomic mass is 10.3. The van der Waals surface area contributed by atoms with E-state index in [1.807, 2.05) is 17.1 Å². The van der Waals surface area contributed by atoms with E-state index in [2.05, 4.69) is 27.7 Å². The highest BCUT2D eigenvalue weighted by atomic mass is 127. The van der Waals surface area contributed by atoms with Gasteiger partial charge in [-0.1, -0.05) is 0 Å². The molecule has 0 saturated carbocycles. The van der Waals surface area contributed by atoms with Gasteiger partial charge in [0.2, 0.25) is 0 Å². The first kappa shape index (κ1) is 12.2. The molecule has 0 atom stereocenters. The van der Waals surface area contributed by atoms with E-state index < -0.39 is 0 Å². The van der Waals surface area contributed by atoms with E-state index in [9.17, 15) is 4.79 Å². The molecule has 0 aromatic carbocycles. The molecular weight excluding hydrogens is 331 g/mol. The van der Waals surface area contributed by atoms with Crippen LogP contribution in [0.15, 0.2) is 35.5 Å². The molecule has 2 heterocycles. The van der Waals surface area contributed by atoms with Gasteiger partial charge in [0.15, 0.2) is 0 Å². The summed E-state index contributed by atoms with van der Waals surface area (Å²) < 4.78 is 4.62.